The van der Waals surface area contributed by atoms with E-state index in [-0.39, 0.29) is 0 Å². The molecule has 0 aromatic carbocycles. The Hall–Kier alpha value is -0.123. The third-order valence-electron chi connectivity index (χ3n) is 1.05. The highest BCUT2D eigenvalue weighted by molar-refractivity contribution is 6.25. The zero-order valence-corrected chi connectivity index (χ0v) is 7.18. The molecular formula is C6H15NOSi. The van der Waals surface area contributed by atoms with Crippen LogP contribution in [0.5, 0.6) is 0 Å². The molecule has 0 rings (SSSR count). The van der Waals surface area contributed by atoms with Crippen LogP contribution in [-0.2, 0) is 0 Å². The predicted octanol–water partition coefficient (Wildman–Crippen LogP) is -0.353. The summed E-state index contributed by atoms with van der Waals surface area (Å²) >= 11 is 0. The van der Waals surface area contributed by atoms with Crippen LogP contribution < -0.4 is 5.32 Å². The molecule has 9 heavy (non-hydrogen) atoms. The van der Waals surface area contributed by atoms with Gasteiger partial charge in [-0.05, 0) is 19.0 Å². The van der Waals surface area contributed by atoms with Gasteiger partial charge in [-0.25, -0.2) is 0 Å². The van der Waals surface area contributed by atoms with Crippen LogP contribution in [0.25, 0.3) is 0 Å². The lowest BCUT2D eigenvalue weighted by Crippen LogP contribution is -2.14. The highest BCUT2D eigenvalue weighted by Gasteiger charge is 1.84. The van der Waals surface area contributed by atoms with Gasteiger partial charge in [0.15, 0.2) is 9.76 Å². The van der Waals surface area contributed by atoms with E-state index in [2.05, 4.69) is 11.9 Å². The first kappa shape index (κ1) is 8.88. The Morgan fingerprint density at radius 1 is 1.67 bits per heavy atom. The van der Waals surface area contributed by atoms with E-state index in [0.29, 0.717) is 0 Å². The fraction of sp³-hybridized carbons (Fsp3) is 0.667. The zero-order chi connectivity index (χ0) is 6.95. The topological polar surface area (TPSA) is 32.3 Å². The first-order chi connectivity index (χ1) is 4.41. The molecule has 0 aliphatic heterocycles. The Morgan fingerprint density at radius 2 is 2.44 bits per heavy atom. The molecule has 0 aliphatic carbocycles. The van der Waals surface area contributed by atoms with Gasteiger partial charge in [-0.3, -0.25) is 0 Å². The molecule has 0 heterocycles. The normalized spacial score (nSPS) is 10.8. The third-order valence-corrected chi connectivity index (χ3v) is 1.87. The van der Waals surface area contributed by atoms with Gasteiger partial charge in [0.1, 0.15) is 0 Å². The highest BCUT2D eigenvalue weighted by atomic mass is 28.2. The average Bonchev–Trinajstić information content (AvgIpc) is 1.89. The van der Waals surface area contributed by atoms with Crippen LogP contribution in [0.3, 0.4) is 0 Å². The molecule has 0 unspecified atom stereocenters. The van der Waals surface area contributed by atoms with E-state index in [1.54, 1.807) is 0 Å². The van der Waals surface area contributed by atoms with Gasteiger partial charge in [-0.2, -0.15) is 0 Å². The lowest BCUT2D eigenvalue weighted by Gasteiger charge is -1.97. The quantitative estimate of drug-likeness (QED) is 0.304. The van der Waals surface area contributed by atoms with E-state index in [0.717, 1.165) is 25.6 Å². The van der Waals surface area contributed by atoms with Crippen molar-refractivity contribution in [2.75, 3.05) is 13.1 Å². The van der Waals surface area contributed by atoms with Crippen molar-refractivity contribution in [3.05, 3.63) is 12.7 Å². The summed E-state index contributed by atoms with van der Waals surface area (Å²) in [4.78, 5) is 8.51. The van der Waals surface area contributed by atoms with E-state index in [1.165, 1.54) is 0 Å². The molecule has 0 saturated heterocycles. The van der Waals surface area contributed by atoms with Crippen LogP contribution in [-0.4, -0.2) is 27.6 Å². The van der Waals surface area contributed by atoms with Crippen molar-refractivity contribution in [1.82, 2.24) is 5.32 Å². The summed E-state index contributed by atoms with van der Waals surface area (Å²) in [6.45, 7) is 5.47. The molecule has 0 amide bonds. The van der Waals surface area contributed by atoms with E-state index >= 15 is 0 Å². The Bertz CT molecular complexity index is 68.1. The average molecular weight is 145 g/mol. The molecule has 0 aromatic rings. The Kier molecular flexibility index (Phi) is 7.77. The summed E-state index contributed by atoms with van der Waals surface area (Å²) in [5.41, 5.74) is 0. The summed E-state index contributed by atoms with van der Waals surface area (Å²) < 4.78 is 0. The van der Waals surface area contributed by atoms with Crippen molar-refractivity contribution in [3.63, 3.8) is 0 Å². The standard InChI is InChI=1S/C6H15NOSi/c1-2-4-7-5-3-6-9-8/h2,7-8H,1,3-6,9H2. The fourth-order valence-electron chi connectivity index (χ4n) is 0.566. The second-order valence-electron chi connectivity index (χ2n) is 1.92. The van der Waals surface area contributed by atoms with E-state index in [9.17, 15) is 0 Å². The van der Waals surface area contributed by atoms with Crippen LogP contribution in [0.2, 0.25) is 6.04 Å². The largest absolute Gasteiger partial charge is 0.438 e. The second kappa shape index (κ2) is 7.88. The van der Waals surface area contributed by atoms with Crippen LogP contribution >= 0.6 is 0 Å². The summed E-state index contributed by atoms with van der Waals surface area (Å²) in [5.74, 6) is 0. The lowest BCUT2D eigenvalue weighted by molar-refractivity contribution is 0.592. The molecule has 0 atom stereocenters. The van der Waals surface area contributed by atoms with Crippen molar-refractivity contribution >= 4 is 9.76 Å². The van der Waals surface area contributed by atoms with Gasteiger partial charge in [0.2, 0.25) is 0 Å². The minimum Gasteiger partial charge on any atom is -0.438 e. The van der Waals surface area contributed by atoms with Gasteiger partial charge < -0.3 is 10.1 Å². The summed E-state index contributed by atoms with van der Waals surface area (Å²) in [5, 5.41) is 3.16. The third kappa shape index (κ3) is 7.88. The minimum atomic E-state index is -0.686. The van der Waals surface area contributed by atoms with Gasteiger partial charge in [0.25, 0.3) is 0 Å². The van der Waals surface area contributed by atoms with Crippen LogP contribution in [0.1, 0.15) is 6.42 Å². The van der Waals surface area contributed by atoms with Gasteiger partial charge in [-0.1, -0.05) is 6.08 Å². The van der Waals surface area contributed by atoms with Crippen LogP contribution in [0.15, 0.2) is 12.7 Å². The smallest absolute Gasteiger partial charge is 0.156 e. The Balaban J connectivity index is 2.66. The van der Waals surface area contributed by atoms with Gasteiger partial charge >= 0.3 is 0 Å². The maximum Gasteiger partial charge on any atom is 0.156 e. The molecule has 3 heteroatoms. The zero-order valence-electron chi connectivity index (χ0n) is 5.77. The van der Waals surface area contributed by atoms with Gasteiger partial charge in [0.05, 0.1) is 0 Å². The molecule has 0 saturated carbocycles. The van der Waals surface area contributed by atoms with E-state index < -0.39 is 9.76 Å². The van der Waals surface area contributed by atoms with Crippen molar-refractivity contribution < 1.29 is 4.80 Å². The van der Waals surface area contributed by atoms with Gasteiger partial charge in [0, 0.05) is 6.54 Å². The molecule has 0 bridgehead atoms. The highest BCUT2D eigenvalue weighted by Crippen LogP contribution is 1.82. The number of nitrogens with one attached hydrogen (secondary N) is 1. The molecule has 54 valence electrons. The van der Waals surface area contributed by atoms with E-state index in [4.69, 9.17) is 4.80 Å². The number of rotatable bonds is 6. The second-order valence-corrected chi connectivity index (χ2v) is 3.08. The monoisotopic (exact) mass is 145 g/mol. The number of hydrogen-bond donors (Lipinski definition) is 2. The lowest BCUT2D eigenvalue weighted by atomic mass is 10.4. The molecule has 2 N–H and O–H groups in total. The predicted molar refractivity (Wildman–Crippen MR) is 43.3 cm³/mol. The van der Waals surface area contributed by atoms with Crippen molar-refractivity contribution in [2.45, 2.75) is 12.5 Å². The van der Waals surface area contributed by atoms with Gasteiger partial charge in [-0.15, -0.1) is 6.58 Å². The molecule has 0 aliphatic rings. The molecule has 2 nitrogen and oxygen atoms in total. The first-order valence-corrected chi connectivity index (χ1v) is 4.97. The number of hydrogen-bond acceptors (Lipinski definition) is 2. The first-order valence-electron chi connectivity index (χ1n) is 3.34. The molecule has 0 spiro atoms. The maximum absolute atomic E-state index is 8.51. The van der Waals surface area contributed by atoms with E-state index in [1.807, 2.05) is 6.08 Å². The van der Waals surface area contributed by atoms with Crippen molar-refractivity contribution in [2.24, 2.45) is 0 Å². The summed E-state index contributed by atoms with van der Waals surface area (Å²) in [6, 6.07) is 1.03. The van der Waals surface area contributed by atoms with Crippen LogP contribution in [0, 0.1) is 0 Å². The Morgan fingerprint density at radius 3 is 3.00 bits per heavy atom. The maximum atomic E-state index is 8.51. The molecule has 0 fully saturated rings. The van der Waals surface area contributed by atoms with Crippen LogP contribution in [0.4, 0.5) is 0 Å². The Labute approximate surface area is 58.9 Å². The molecular weight excluding hydrogens is 130 g/mol. The SMILES string of the molecule is C=CCNCCC[SiH2]O. The summed E-state index contributed by atoms with van der Waals surface area (Å²) in [7, 11) is -0.686. The fourth-order valence-corrected chi connectivity index (χ4v) is 1.04. The molecule has 0 aromatic heterocycles. The summed E-state index contributed by atoms with van der Waals surface area (Å²) in [6.07, 6.45) is 2.95. The van der Waals surface area contributed by atoms with Crippen molar-refractivity contribution in [3.8, 4) is 0 Å². The minimum absolute atomic E-state index is 0.686. The molecule has 0 radical (unpaired) electrons. The van der Waals surface area contributed by atoms with Crippen molar-refractivity contribution in [1.29, 1.82) is 0 Å².